The highest BCUT2D eigenvalue weighted by Crippen LogP contribution is 2.21. The zero-order chi connectivity index (χ0) is 15.5. The van der Waals surface area contributed by atoms with Crippen LogP contribution in [0.15, 0.2) is 23.0 Å². The molecular formula is C18H27ClN2OS. The van der Waals surface area contributed by atoms with Gasteiger partial charge in [0.1, 0.15) is 0 Å². The lowest BCUT2D eigenvalue weighted by molar-refractivity contribution is 0.187. The van der Waals surface area contributed by atoms with E-state index in [-0.39, 0.29) is 17.3 Å². The second-order valence-corrected chi connectivity index (χ2v) is 7.59. The van der Waals surface area contributed by atoms with Gasteiger partial charge in [-0.15, -0.1) is 12.4 Å². The quantitative estimate of drug-likeness (QED) is 0.805. The number of thiazole rings is 1. The van der Waals surface area contributed by atoms with Crippen molar-refractivity contribution in [3.8, 4) is 0 Å². The monoisotopic (exact) mass is 354 g/mol. The highest BCUT2D eigenvalue weighted by atomic mass is 35.5. The van der Waals surface area contributed by atoms with Crippen LogP contribution in [0.2, 0.25) is 0 Å². The standard InChI is InChI=1S/C18H26N2OS.ClH/c1-3-4-15-5-6-16-17(13-15)22-18(21)20(16)12-11-19-9-7-14(2)8-10-19;/h5-6,13-14H,3-4,7-12H2,1-2H3;1H. The molecule has 2 aromatic rings. The van der Waals surface area contributed by atoms with Gasteiger partial charge in [0.15, 0.2) is 0 Å². The number of aromatic nitrogens is 1. The van der Waals surface area contributed by atoms with Crippen LogP contribution >= 0.6 is 23.7 Å². The first-order chi connectivity index (χ1) is 10.7. The first-order valence-corrected chi connectivity index (χ1v) is 9.33. The lowest BCUT2D eigenvalue weighted by Crippen LogP contribution is -2.36. The normalized spacial score (nSPS) is 16.6. The van der Waals surface area contributed by atoms with Gasteiger partial charge in [0, 0.05) is 13.1 Å². The van der Waals surface area contributed by atoms with Crippen LogP contribution in [0, 0.1) is 5.92 Å². The first kappa shape index (κ1) is 18.5. The minimum absolute atomic E-state index is 0. The third kappa shape index (κ3) is 4.37. The van der Waals surface area contributed by atoms with Gasteiger partial charge in [-0.05, 0) is 56.0 Å². The molecule has 1 saturated heterocycles. The summed E-state index contributed by atoms with van der Waals surface area (Å²) in [7, 11) is 0. The number of benzene rings is 1. The molecule has 0 spiro atoms. The summed E-state index contributed by atoms with van der Waals surface area (Å²) in [4.78, 5) is 15.0. The molecule has 0 aliphatic carbocycles. The van der Waals surface area contributed by atoms with Crippen molar-refractivity contribution in [3.63, 3.8) is 0 Å². The van der Waals surface area contributed by atoms with Gasteiger partial charge in [-0.1, -0.05) is 37.7 Å². The molecular weight excluding hydrogens is 328 g/mol. The number of piperidine rings is 1. The van der Waals surface area contributed by atoms with E-state index in [9.17, 15) is 4.79 Å². The van der Waals surface area contributed by atoms with Gasteiger partial charge in [0.2, 0.25) is 0 Å². The Morgan fingerprint density at radius 3 is 2.65 bits per heavy atom. The summed E-state index contributed by atoms with van der Waals surface area (Å²) in [6, 6.07) is 6.51. The van der Waals surface area contributed by atoms with Gasteiger partial charge in [-0.25, -0.2) is 0 Å². The van der Waals surface area contributed by atoms with E-state index in [0.717, 1.165) is 42.1 Å². The fourth-order valence-electron chi connectivity index (χ4n) is 3.29. The molecule has 0 radical (unpaired) electrons. The van der Waals surface area contributed by atoms with Crippen molar-refractivity contribution >= 4 is 34.0 Å². The summed E-state index contributed by atoms with van der Waals surface area (Å²) in [6.07, 6.45) is 4.82. The van der Waals surface area contributed by atoms with E-state index in [2.05, 4.69) is 36.9 Å². The van der Waals surface area contributed by atoms with E-state index in [1.807, 2.05) is 4.57 Å². The first-order valence-electron chi connectivity index (χ1n) is 8.52. The van der Waals surface area contributed by atoms with E-state index in [4.69, 9.17) is 0 Å². The van der Waals surface area contributed by atoms with Crippen molar-refractivity contribution in [3.05, 3.63) is 33.4 Å². The van der Waals surface area contributed by atoms with Gasteiger partial charge in [-0.2, -0.15) is 0 Å². The molecule has 1 fully saturated rings. The summed E-state index contributed by atoms with van der Waals surface area (Å²) in [6.45, 7) is 8.70. The third-order valence-corrected chi connectivity index (χ3v) is 5.73. The predicted octanol–water partition coefficient (Wildman–Crippen LogP) is 4.17. The van der Waals surface area contributed by atoms with Crippen LogP contribution in [0.5, 0.6) is 0 Å². The van der Waals surface area contributed by atoms with Crippen LogP contribution in [-0.4, -0.2) is 29.1 Å². The Kier molecular flexibility index (Phi) is 6.69. The minimum Gasteiger partial charge on any atom is -0.302 e. The number of halogens is 1. The highest BCUT2D eigenvalue weighted by molar-refractivity contribution is 7.16. The Hall–Kier alpha value is -0.840. The maximum Gasteiger partial charge on any atom is 0.308 e. The van der Waals surface area contributed by atoms with Crippen LogP contribution < -0.4 is 4.87 Å². The Morgan fingerprint density at radius 1 is 1.22 bits per heavy atom. The maximum atomic E-state index is 12.3. The molecule has 1 aromatic carbocycles. The fraction of sp³-hybridized carbons (Fsp3) is 0.611. The van der Waals surface area contributed by atoms with Gasteiger partial charge in [-0.3, -0.25) is 9.36 Å². The third-order valence-electron chi connectivity index (χ3n) is 4.79. The van der Waals surface area contributed by atoms with Gasteiger partial charge >= 0.3 is 4.87 Å². The predicted molar refractivity (Wildman–Crippen MR) is 102 cm³/mol. The van der Waals surface area contributed by atoms with Crippen molar-refractivity contribution in [2.45, 2.75) is 46.1 Å². The number of hydrogen-bond donors (Lipinski definition) is 0. The SMILES string of the molecule is CCCc1ccc2c(c1)sc(=O)n2CCN1CCC(C)CC1.Cl. The van der Waals surface area contributed by atoms with Gasteiger partial charge in [0.05, 0.1) is 10.2 Å². The number of nitrogens with zero attached hydrogens (tertiary/aromatic N) is 2. The Bertz CT molecular complexity index is 686. The number of hydrogen-bond acceptors (Lipinski definition) is 3. The van der Waals surface area contributed by atoms with Crippen LogP contribution in [0.3, 0.4) is 0 Å². The average molecular weight is 355 g/mol. The number of aryl methyl sites for hydroxylation is 1. The van der Waals surface area contributed by atoms with Crippen LogP contribution in [0.25, 0.3) is 10.2 Å². The van der Waals surface area contributed by atoms with E-state index >= 15 is 0 Å². The lowest BCUT2D eigenvalue weighted by atomic mass is 9.99. The molecule has 3 nitrogen and oxygen atoms in total. The molecule has 3 rings (SSSR count). The molecule has 23 heavy (non-hydrogen) atoms. The van der Waals surface area contributed by atoms with Crippen LogP contribution in [0.1, 0.15) is 38.7 Å². The Labute approximate surface area is 148 Å². The molecule has 0 atom stereocenters. The van der Waals surface area contributed by atoms with Crippen molar-refractivity contribution in [2.75, 3.05) is 19.6 Å². The Morgan fingerprint density at radius 2 is 1.96 bits per heavy atom. The summed E-state index contributed by atoms with van der Waals surface area (Å²) in [5, 5.41) is 0. The van der Waals surface area contributed by atoms with Crippen LogP contribution in [-0.2, 0) is 13.0 Å². The average Bonchev–Trinajstić information content (AvgIpc) is 2.82. The lowest BCUT2D eigenvalue weighted by Gasteiger charge is -2.30. The van der Waals surface area contributed by atoms with E-state index in [1.165, 1.54) is 42.8 Å². The molecule has 1 aromatic heterocycles. The van der Waals surface area contributed by atoms with E-state index < -0.39 is 0 Å². The molecule has 2 heterocycles. The summed E-state index contributed by atoms with van der Waals surface area (Å²) in [5.74, 6) is 0.859. The zero-order valence-corrected chi connectivity index (χ0v) is 15.7. The Balaban J connectivity index is 0.00000192. The summed E-state index contributed by atoms with van der Waals surface area (Å²) >= 11 is 1.39. The summed E-state index contributed by atoms with van der Waals surface area (Å²) < 4.78 is 3.11. The molecule has 128 valence electrons. The van der Waals surface area contributed by atoms with Crippen molar-refractivity contribution in [1.82, 2.24) is 9.47 Å². The number of fused-ring (bicyclic) bond motifs is 1. The molecule has 0 saturated carbocycles. The molecule has 5 heteroatoms. The second kappa shape index (κ2) is 8.32. The molecule has 0 bridgehead atoms. The van der Waals surface area contributed by atoms with Gasteiger partial charge < -0.3 is 4.90 Å². The van der Waals surface area contributed by atoms with E-state index in [1.54, 1.807) is 0 Å². The molecule has 1 aliphatic heterocycles. The van der Waals surface area contributed by atoms with Crippen LogP contribution in [0.4, 0.5) is 0 Å². The molecule has 1 aliphatic rings. The number of rotatable bonds is 5. The smallest absolute Gasteiger partial charge is 0.302 e. The largest absolute Gasteiger partial charge is 0.308 e. The minimum atomic E-state index is 0. The molecule has 0 amide bonds. The highest BCUT2D eigenvalue weighted by Gasteiger charge is 2.16. The van der Waals surface area contributed by atoms with Gasteiger partial charge in [0.25, 0.3) is 0 Å². The van der Waals surface area contributed by atoms with Crippen molar-refractivity contribution < 1.29 is 0 Å². The number of likely N-dealkylation sites (tertiary alicyclic amines) is 1. The summed E-state index contributed by atoms with van der Waals surface area (Å²) in [5.41, 5.74) is 2.45. The molecule has 0 N–H and O–H groups in total. The zero-order valence-electron chi connectivity index (χ0n) is 14.1. The van der Waals surface area contributed by atoms with E-state index in [0.29, 0.717) is 0 Å². The second-order valence-electron chi connectivity index (χ2n) is 6.60. The van der Waals surface area contributed by atoms with Crippen molar-refractivity contribution in [1.29, 1.82) is 0 Å². The topological polar surface area (TPSA) is 25.2 Å². The fourth-order valence-corrected chi connectivity index (χ4v) is 4.27. The van der Waals surface area contributed by atoms with Crippen molar-refractivity contribution in [2.24, 2.45) is 5.92 Å². The maximum absolute atomic E-state index is 12.3. The molecule has 0 unspecified atom stereocenters.